The van der Waals surface area contributed by atoms with E-state index in [1.807, 2.05) is 6.07 Å². The molecule has 1 aromatic heterocycles. The molecule has 0 N–H and O–H groups in total. The zero-order valence-corrected chi connectivity index (χ0v) is 13.0. The summed E-state index contributed by atoms with van der Waals surface area (Å²) >= 11 is 1.65. The van der Waals surface area contributed by atoms with Gasteiger partial charge in [-0.1, -0.05) is 19.8 Å². The van der Waals surface area contributed by atoms with Crippen molar-refractivity contribution in [2.24, 2.45) is 0 Å². The smallest absolute Gasteiger partial charge is 0.186 e. The van der Waals surface area contributed by atoms with E-state index in [0.29, 0.717) is 18.7 Å². The van der Waals surface area contributed by atoms with Crippen molar-refractivity contribution in [2.75, 3.05) is 19.7 Å². The van der Waals surface area contributed by atoms with Crippen molar-refractivity contribution in [1.29, 1.82) is 0 Å². The van der Waals surface area contributed by atoms with Gasteiger partial charge in [0.2, 0.25) is 0 Å². The van der Waals surface area contributed by atoms with Crippen LogP contribution in [0, 0.1) is 0 Å². The van der Waals surface area contributed by atoms with Gasteiger partial charge in [0.15, 0.2) is 5.78 Å². The molecule has 4 heteroatoms. The molecule has 3 rings (SSSR count). The van der Waals surface area contributed by atoms with Crippen LogP contribution in [0.1, 0.15) is 47.2 Å². The molecule has 1 aromatic rings. The largest absolute Gasteiger partial charge is 0.375 e. The molecule has 3 nitrogen and oxygen atoms in total. The van der Waals surface area contributed by atoms with Gasteiger partial charge in [-0.05, 0) is 31.4 Å². The Morgan fingerprint density at radius 2 is 2.25 bits per heavy atom. The predicted molar refractivity (Wildman–Crippen MR) is 81.6 cm³/mol. The summed E-state index contributed by atoms with van der Waals surface area (Å²) < 4.78 is 5.87. The lowest BCUT2D eigenvalue weighted by molar-refractivity contribution is -0.0846. The molecular formula is C16H23NO2S. The molecule has 1 aliphatic heterocycles. The average Bonchev–Trinajstić information content (AvgIpc) is 2.97. The minimum Gasteiger partial charge on any atom is -0.375 e. The fourth-order valence-corrected chi connectivity index (χ4v) is 4.23. The van der Waals surface area contributed by atoms with E-state index >= 15 is 0 Å². The van der Waals surface area contributed by atoms with Crippen LogP contribution in [0.5, 0.6) is 0 Å². The van der Waals surface area contributed by atoms with Crippen LogP contribution in [-0.4, -0.2) is 42.5 Å². The van der Waals surface area contributed by atoms with E-state index in [9.17, 15) is 4.79 Å². The van der Waals surface area contributed by atoms with Crippen LogP contribution < -0.4 is 0 Å². The van der Waals surface area contributed by atoms with Crippen molar-refractivity contribution in [1.82, 2.24) is 4.90 Å². The summed E-state index contributed by atoms with van der Waals surface area (Å²) in [7, 11) is 0. The highest BCUT2D eigenvalue weighted by Gasteiger charge is 2.35. The van der Waals surface area contributed by atoms with Crippen LogP contribution in [0.4, 0.5) is 0 Å². The number of thiophene rings is 1. The number of rotatable bonds is 4. The van der Waals surface area contributed by atoms with Crippen molar-refractivity contribution >= 4 is 17.1 Å². The first-order chi connectivity index (χ1) is 9.78. The third-order valence-corrected chi connectivity index (χ3v) is 5.75. The maximum absolute atomic E-state index is 12.4. The van der Waals surface area contributed by atoms with Crippen molar-refractivity contribution in [3.8, 4) is 0 Å². The average molecular weight is 293 g/mol. The van der Waals surface area contributed by atoms with Gasteiger partial charge in [0, 0.05) is 17.5 Å². The number of aryl methyl sites for hydroxylation is 1. The molecule has 2 aliphatic rings. The molecule has 0 amide bonds. The summed E-state index contributed by atoms with van der Waals surface area (Å²) in [4.78, 5) is 17.0. The van der Waals surface area contributed by atoms with Crippen molar-refractivity contribution in [3.63, 3.8) is 0 Å². The second-order valence-corrected chi connectivity index (χ2v) is 6.94. The molecule has 2 atom stereocenters. The molecule has 0 bridgehead atoms. The lowest BCUT2D eigenvalue weighted by Gasteiger charge is -2.43. The molecule has 0 spiro atoms. The predicted octanol–water partition coefficient (Wildman–Crippen LogP) is 3.14. The molecule has 2 fully saturated rings. The summed E-state index contributed by atoms with van der Waals surface area (Å²) in [6.07, 6.45) is 6.26. The summed E-state index contributed by atoms with van der Waals surface area (Å²) in [6.45, 7) is 4.38. The second-order valence-electron chi connectivity index (χ2n) is 5.77. The SMILES string of the molecule is CCc1ccc(C(=O)CN2CCOC3CCCCC32)s1. The van der Waals surface area contributed by atoms with Gasteiger partial charge in [0.1, 0.15) is 0 Å². The Hall–Kier alpha value is -0.710. The normalized spacial score (nSPS) is 27.2. The number of carbonyl (C=O) groups is 1. The third-order valence-electron chi connectivity index (χ3n) is 4.48. The van der Waals surface area contributed by atoms with Gasteiger partial charge in [-0.25, -0.2) is 0 Å². The van der Waals surface area contributed by atoms with Crippen LogP contribution in [0.3, 0.4) is 0 Å². The first kappa shape index (κ1) is 14.2. The Kier molecular flexibility index (Phi) is 4.54. The molecule has 2 heterocycles. The number of hydrogen-bond acceptors (Lipinski definition) is 4. The highest BCUT2D eigenvalue weighted by molar-refractivity contribution is 7.14. The lowest BCUT2D eigenvalue weighted by atomic mass is 9.90. The van der Waals surface area contributed by atoms with E-state index in [1.54, 1.807) is 11.3 Å². The van der Waals surface area contributed by atoms with E-state index in [-0.39, 0.29) is 5.78 Å². The number of carbonyl (C=O) groups excluding carboxylic acids is 1. The number of ether oxygens (including phenoxy) is 1. The number of hydrogen-bond donors (Lipinski definition) is 0. The van der Waals surface area contributed by atoms with Crippen molar-refractivity contribution < 1.29 is 9.53 Å². The molecular weight excluding hydrogens is 270 g/mol. The summed E-state index contributed by atoms with van der Waals surface area (Å²) in [5.74, 6) is 0.279. The summed E-state index contributed by atoms with van der Waals surface area (Å²) in [6, 6.07) is 4.54. The van der Waals surface area contributed by atoms with Crippen LogP contribution in [0.15, 0.2) is 12.1 Å². The topological polar surface area (TPSA) is 29.5 Å². The molecule has 2 unspecified atom stereocenters. The van der Waals surface area contributed by atoms with E-state index in [1.165, 1.54) is 24.1 Å². The van der Waals surface area contributed by atoms with Crippen LogP contribution in [0.25, 0.3) is 0 Å². The van der Waals surface area contributed by atoms with E-state index < -0.39 is 0 Å². The van der Waals surface area contributed by atoms with Gasteiger partial charge in [-0.15, -0.1) is 11.3 Å². The van der Waals surface area contributed by atoms with Gasteiger partial charge in [-0.3, -0.25) is 9.69 Å². The van der Waals surface area contributed by atoms with Gasteiger partial charge < -0.3 is 4.74 Å². The van der Waals surface area contributed by atoms with E-state index in [4.69, 9.17) is 4.74 Å². The number of ketones is 1. The van der Waals surface area contributed by atoms with Crippen molar-refractivity contribution in [3.05, 3.63) is 21.9 Å². The summed E-state index contributed by atoms with van der Waals surface area (Å²) in [5, 5.41) is 0. The van der Waals surface area contributed by atoms with E-state index in [0.717, 1.165) is 30.9 Å². The van der Waals surface area contributed by atoms with Gasteiger partial charge in [0.05, 0.1) is 24.1 Å². The highest BCUT2D eigenvalue weighted by Crippen LogP contribution is 2.29. The zero-order valence-electron chi connectivity index (χ0n) is 12.1. The Bertz CT molecular complexity index is 469. The van der Waals surface area contributed by atoms with Crippen LogP contribution >= 0.6 is 11.3 Å². The minimum atomic E-state index is 0.279. The standard InChI is InChI=1S/C16H23NO2S/c1-2-12-7-8-16(20-12)14(18)11-17-9-10-19-15-6-4-3-5-13(15)17/h7-8,13,15H,2-6,9-11H2,1H3. The Morgan fingerprint density at radius 3 is 3.05 bits per heavy atom. The monoisotopic (exact) mass is 293 g/mol. The lowest BCUT2D eigenvalue weighted by Crippen LogP contribution is -2.53. The molecule has 0 radical (unpaired) electrons. The van der Waals surface area contributed by atoms with Crippen LogP contribution in [0.2, 0.25) is 0 Å². The molecule has 20 heavy (non-hydrogen) atoms. The van der Waals surface area contributed by atoms with Gasteiger partial charge in [-0.2, -0.15) is 0 Å². The summed E-state index contributed by atoms with van der Waals surface area (Å²) in [5.41, 5.74) is 0. The molecule has 1 saturated carbocycles. The maximum Gasteiger partial charge on any atom is 0.186 e. The fourth-order valence-electron chi connectivity index (χ4n) is 3.35. The number of nitrogens with zero attached hydrogens (tertiary/aromatic N) is 1. The maximum atomic E-state index is 12.4. The first-order valence-corrected chi connectivity index (χ1v) is 8.57. The molecule has 110 valence electrons. The Labute approximate surface area is 124 Å². The number of fused-ring (bicyclic) bond motifs is 1. The quantitative estimate of drug-likeness (QED) is 0.799. The molecule has 1 aliphatic carbocycles. The Morgan fingerprint density at radius 1 is 1.40 bits per heavy atom. The zero-order chi connectivity index (χ0) is 13.9. The highest BCUT2D eigenvalue weighted by atomic mass is 32.1. The van der Waals surface area contributed by atoms with Crippen molar-refractivity contribution in [2.45, 2.75) is 51.2 Å². The minimum absolute atomic E-state index is 0.279. The third kappa shape index (κ3) is 2.97. The molecule has 0 aromatic carbocycles. The fraction of sp³-hybridized carbons (Fsp3) is 0.688. The number of Topliss-reactive ketones (excluding diaryl/α,β-unsaturated/α-hetero) is 1. The van der Waals surface area contributed by atoms with Crippen LogP contribution in [-0.2, 0) is 11.2 Å². The van der Waals surface area contributed by atoms with Gasteiger partial charge >= 0.3 is 0 Å². The van der Waals surface area contributed by atoms with Gasteiger partial charge in [0.25, 0.3) is 0 Å². The number of morpholine rings is 1. The second kappa shape index (κ2) is 6.37. The Balaban J connectivity index is 1.65. The van der Waals surface area contributed by atoms with E-state index in [2.05, 4.69) is 17.9 Å². The first-order valence-electron chi connectivity index (χ1n) is 7.75. The molecule has 1 saturated heterocycles.